The van der Waals surface area contributed by atoms with Gasteiger partial charge < -0.3 is 5.11 Å². The van der Waals surface area contributed by atoms with E-state index in [-0.39, 0.29) is 24.3 Å². The minimum Gasteiger partial charge on any atom is -0.481 e. The van der Waals surface area contributed by atoms with Crippen LogP contribution in [0.4, 0.5) is 0 Å². The lowest BCUT2D eigenvalue weighted by atomic mass is 9.83. The maximum atomic E-state index is 11.5. The van der Waals surface area contributed by atoms with Gasteiger partial charge in [0, 0.05) is 11.8 Å². The summed E-state index contributed by atoms with van der Waals surface area (Å²) in [6.07, 6.45) is 0.382. The highest BCUT2D eigenvalue weighted by Gasteiger charge is 2.48. The van der Waals surface area contributed by atoms with Crippen LogP contribution in [-0.4, -0.2) is 36.0 Å². The summed E-state index contributed by atoms with van der Waals surface area (Å²) in [5, 5.41) is 11.9. The standard InChI is InChI=1S/C10H13NO4S2/c1-7-11-8(5-16-7)4-10(9(12)13)2-3-17(14,15)6-10/h5H,2-4,6H2,1H3,(H,12,13). The molecule has 7 heteroatoms. The average Bonchev–Trinajstić information content (AvgIpc) is 2.72. The summed E-state index contributed by atoms with van der Waals surface area (Å²) in [6, 6.07) is 0. The number of aryl methyl sites for hydroxylation is 1. The molecule has 0 aliphatic carbocycles. The molecule has 94 valence electrons. The fraction of sp³-hybridized carbons (Fsp3) is 0.600. The molecule has 1 aliphatic rings. The number of nitrogens with zero attached hydrogens (tertiary/aromatic N) is 1. The minimum atomic E-state index is -3.22. The quantitative estimate of drug-likeness (QED) is 0.885. The van der Waals surface area contributed by atoms with Crippen molar-refractivity contribution in [3.8, 4) is 0 Å². The molecule has 0 amide bonds. The van der Waals surface area contributed by atoms with E-state index in [0.29, 0.717) is 5.69 Å². The summed E-state index contributed by atoms with van der Waals surface area (Å²) in [4.78, 5) is 15.5. The normalized spacial score (nSPS) is 27.1. The van der Waals surface area contributed by atoms with Crippen LogP contribution in [0.1, 0.15) is 17.1 Å². The molecule has 1 N–H and O–H groups in total. The first-order chi connectivity index (χ1) is 7.83. The Labute approximate surface area is 103 Å². The molecule has 0 saturated carbocycles. The molecule has 0 radical (unpaired) electrons. The van der Waals surface area contributed by atoms with Crippen LogP contribution in [0.2, 0.25) is 0 Å². The fourth-order valence-corrected chi connectivity index (χ4v) is 4.81. The topological polar surface area (TPSA) is 84.3 Å². The Kier molecular flexibility index (Phi) is 2.99. The Balaban J connectivity index is 2.28. The van der Waals surface area contributed by atoms with Gasteiger partial charge >= 0.3 is 5.97 Å². The molecular weight excluding hydrogens is 262 g/mol. The summed E-state index contributed by atoms with van der Waals surface area (Å²) in [6.45, 7) is 1.84. The highest BCUT2D eigenvalue weighted by Crippen LogP contribution is 2.36. The third-order valence-corrected chi connectivity index (χ3v) is 5.67. The monoisotopic (exact) mass is 275 g/mol. The van der Waals surface area contributed by atoms with Crippen LogP contribution in [0.15, 0.2) is 5.38 Å². The molecule has 1 aliphatic heterocycles. The first-order valence-electron chi connectivity index (χ1n) is 5.18. The van der Waals surface area contributed by atoms with Gasteiger partial charge in [0.1, 0.15) is 0 Å². The summed E-state index contributed by atoms with van der Waals surface area (Å²) in [5.74, 6) is -1.35. The van der Waals surface area contributed by atoms with Crippen LogP contribution in [-0.2, 0) is 21.1 Å². The molecular formula is C10H13NO4S2. The molecule has 2 heterocycles. The van der Waals surface area contributed by atoms with Gasteiger partial charge in [0.05, 0.1) is 27.6 Å². The predicted molar refractivity (Wildman–Crippen MR) is 63.9 cm³/mol. The van der Waals surface area contributed by atoms with E-state index >= 15 is 0 Å². The molecule has 1 atom stereocenters. The van der Waals surface area contributed by atoms with Crippen molar-refractivity contribution in [2.24, 2.45) is 5.41 Å². The largest absolute Gasteiger partial charge is 0.481 e. The van der Waals surface area contributed by atoms with Gasteiger partial charge in [-0.25, -0.2) is 13.4 Å². The molecule has 1 unspecified atom stereocenters. The Morgan fingerprint density at radius 3 is 2.76 bits per heavy atom. The van der Waals surface area contributed by atoms with Crippen LogP contribution < -0.4 is 0 Å². The van der Waals surface area contributed by atoms with E-state index in [1.165, 1.54) is 11.3 Å². The summed E-state index contributed by atoms with van der Waals surface area (Å²) in [5.41, 5.74) is -0.508. The molecule has 1 aromatic rings. The Hall–Kier alpha value is -0.950. The fourth-order valence-electron chi connectivity index (χ4n) is 2.14. The Bertz CT molecular complexity index is 548. The van der Waals surface area contributed by atoms with E-state index in [0.717, 1.165) is 5.01 Å². The van der Waals surface area contributed by atoms with Gasteiger partial charge in [-0.1, -0.05) is 0 Å². The van der Waals surface area contributed by atoms with Gasteiger partial charge in [-0.3, -0.25) is 4.79 Å². The molecule has 1 fully saturated rings. The van der Waals surface area contributed by atoms with E-state index in [1.54, 1.807) is 5.38 Å². The third kappa shape index (κ3) is 2.50. The highest BCUT2D eigenvalue weighted by atomic mass is 32.2. The second-order valence-electron chi connectivity index (χ2n) is 4.46. The van der Waals surface area contributed by atoms with Gasteiger partial charge in [0.25, 0.3) is 0 Å². The smallest absolute Gasteiger partial charge is 0.311 e. The van der Waals surface area contributed by atoms with E-state index in [2.05, 4.69) is 4.98 Å². The van der Waals surface area contributed by atoms with Crippen molar-refractivity contribution in [3.63, 3.8) is 0 Å². The van der Waals surface area contributed by atoms with Crippen LogP contribution in [0.5, 0.6) is 0 Å². The van der Waals surface area contributed by atoms with E-state index in [1.807, 2.05) is 6.92 Å². The summed E-state index contributed by atoms with van der Waals surface area (Å²) < 4.78 is 22.9. The van der Waals surface area contributed by atoms with Gasteiger partial charge in [-0.2, -0.15) is 0 Å². The average molecular weight is 275 g/mol. The van der Waals surface area contributed by atoms with E-state index < -0.39 is 21.2 Å². The SMILES string of the molecule is Cc1nc(CC2(C(=O)O)CCS(=O)(=O)C2)cs1. The number of aromatic nitrogens is 1. The third-order valence-electron chi connectivity index (χ3n) is 3.03. The maximum absolute atomic E-state index is 11.5. The second kappa shape index (κ2) is 4.06. The minimum absolute atomic E-state index is 0.0393. The lowest BCUT2D eigenvalue weighted by Gasteiger charge is -2.20. The lowest BCUT2D eigenvalue weighted by molar-refractivity contribution is -0.147. The maximum Gasteiger partial charge on any atom is 0.311 e. The lowest BCUT2D eigenvalue weighted by Crippen LogP contribution is -2.34. The number of hydrogen-bond acceptors (Lipinski definition) is 5. The van der Waals surface area contributed by atoms with E-state index in [4.69, 9.17) is 0 Å². The number of carboxylic acids is 1. The van der Waals surface area contributed by atoms with Crippen LogP contribution in [0.3, 0.4) is 0 Å². The summed E-state index contributed by atoms with van der Waals surface area (Å²) >= 11 is 1.44. The number of thiazole rings is 1. The van der Waals surface area contributed by atoms with Crippen LogP contribution in [0.25, 0.3) is 0 Å². The van der Waals surface area contributed by atoms with Gasteiger partial charge in [0.15, 0.2) is 9.84 Å². The number of carbonyl (C=O) groups is 1. The van der Waals surface area contributed by atoms with Gasteiger partial charge in [-0.15, -0.1) is 11.3 Å². The second-order valence-corrected chi connectivity index (χ2v) is 7.71. The number of hydrogen-bond donors (Lipinski definition) is 1. The number of aliphatic carboxylic acids is 1. The Morgan fingerprint density at radius 2 is 2.35 bits per heavy atom. The van der Waals surface area contributed by atoms with Crippen molar-refractivity contribution in [2.45, 2.75) is 19.8 Å². The van der Waals surface area contributed by atoms with E-state index in [9.17, 15) is 18.3 Å². The van der Waals surface area contributed by atoms with Gasteiger partial charge in [-0.05, 0) is 13.3 Å². The number of rotatable bonds is 3. The zero-order chi connectivity index (χ0) is 12.7. The first-order valence-corrected chi connectivity index (χ1v) is 7.88. The predicted octanol–water partition coefficient (Wildman–Crippen LogP) is 0.884. The van der Waals surface area contributed by atoms with Crippen LogP contribution in [0, 0.1) is 12.3 Å². The number of sulfone groups is 1. The Morgan fingerprint density at radius 1 is 1.65 bits per heavy atom. The number of carboxylic acid groups (broad SMARTS) is 1. The first kappa shape index (κ1) is 12.5. The van der Waals surface area contributed by atoms with Crippen molar-refractivity contribution >= 4 is 27.1 Å². The van der Waals surface area contributed by atoms with Gasteiger partial charge in [0.2, 0.25) is 0 Å². The van der Waals surface area contributed by atoms with Crippen molar-refractivity contribution < 1.29 is 18.3 Å². The van der Waals surface area contributed by atoms with Crippen molar-refractivity contribution in [3.05, 3.63) is 16.1 Å². The highest BCUT2D eigenvalue weighted by molar-refractivity contribution is 7.91. The van der Waals surface area contributed by atoms with Crippen molar-refractivity contribution in [2.75, 3.05) is 11.5 Å². The molecule has 1 saturated heterocycles. The molecule has 0 bridgehead atoms. The summed E-state index contributed by atoms with van der Waals surface area (Å²) in [7, 11) is -3.22. The molecule has 0 spiro atoms. The molecule has 17 heavy (non-hydrogen) atoms. The molecule has 1 aromatic heterocycles. The van der Waals surface area contributed by atoms with Crippen LogP contribution >= 0.6 is 11.3 Å². The zero-order valence-electron chi connectivity index (χ0n) is 9.34. The van der Waals surface area contributed by atoms with Crippen molar-refractivity contribution in [1.29, 1.82) is 0 Å². The molecule has 0 aromatic carbocycles. The molecule has 5 nitrogen and oxygen atoms in total. The van der Waals surface area contributed by atoms with Crippen molar-refractivity contribution in [1.82, 2.24) is 4.98 Å². The molecule has 2 rings (SSSR count). The zero-order valence-corrected chi connectivity index (χ0v) is 11.0.